The van der Waals surface area contributed by atoms with Gasteiger partial charge in [0.15, 0.2) is 0 Å². The van der Waals surface area contributed by atoms with Gasteiger partial charge in [0, 0.05) is 30.1 Å². The summed E-state index contributed by atoms with van der Waals surface area (Å²) in [5, 5.41) is 2.86. The maximum atomic E-state index is 13.1. The van der Waals surface area contributed by atoms with E-state index in [0.29, 0.717) is 24.4 Å². The fourth-order valence-corrected chi connectivity index (χ4v) is 3.33. The van der Waals surface area contributed by atoms with Crippen molar-refractivity contribution in [2.75, 3.05) is 23.4 Å². The molecule has 2 aromatic rings. The molecule has 1 atom stereocenters. The quantitative estimate of drug-likeness (QED) is 0.867. The number of aryl methyl sites for hydroxylation is 2. The summed E-state index contributed by atoms with van der Waals surface area (Å²) in [5.41, 5.74) is 4.23. The number of amides is 2. The maximum absolute atomic E-state index is 13.1. The lowest BCUT2D eigenvalue weighted by Gasteiger charge is -2.24. The Balaban J connectivity index is 1.81. The van der Waals surface area contributed by atoms with Crippen LogP contribution in [0.2, 0.25) is 0 Å². The van der Waals surface area contributed by atoms with Crippen LogP contribution in [-0.2, 0) is 9.53 Å². The summed E-state index contributed by atoms with van der Waals surface area (Å²) >= 11 is 0. The molecule has 1 aliphatic rings. The van der Waals surface area contributed by atoms with Crippen LogP contribution in [0.15, 0.2) is 42.5 Å². The summed E-state index contributed by atoms with van der Waals surface area (Å²) in [4.78, 5) is 27.1. The second-order valence-electron chi connectivity index (χ2n) is 6.91. The van der Waals surface area contributed by atoms with Crippen molar-refractivity contribution in [1.82, 2.24) is 0 Å². The van der Waals surface area contributed by atoms with Crippen molar-refractivity contribution in [3.05, 3.63) is 59.2 Å². The molecule has 0 aromatic heterocycles. The number of carbonyl (C=O) groups is 2. The van der Waals surface area contributed by atoms with Gasteiger partial charge >= 0.3 is 0 Å². The molecule has 5 nitrogen and oxygen atoms in total. The lowest BCUT2D eigenvalue weighted by molar-refractivity contribution is -0.124. The first-order valence-electron chi connectivity index (χ1n) is 9.41. The monoisotopic (exact) mass is 366 g/mol. The number of nitrogens with one attached hydrogen (secondary N) is 1. The predicted octanol–water partition coefficient (Wildman–Crippen LogP) is 4.09. The van der Waals surface area contributed by atoms with Gasteiger partial charge in [-0.1, -0.05) is 18.2 Å². The van der Waals surface area contributed by atoms with E-state index in [1.165, 1.54) is 0 Å². The molecular weight excluding hydrogens is 340 g/mol. The molecule has 1 heterocycles. The third kappa shape index (κ3) is 4.37. The Bertz CT molecular complexity index is 841. The molecular formula is C22H26N2O3. The van der Waals surface area contributed by atoms with Crippen LogP contribution in [0, 0.1) is 13.8 Å². The van der Waals surface area contributed by atoms with Crippen molar-refractivity contribution < 1.29 is 14.3 Å². The maximum Gasteiger partial charge on any atom is 0.258 e. The number of nitrogens with zero attached hydrogens (tertiary/aromatic N) is 1. The second kappa shape index (κ2) is 8.35. The molecule has 1 unspecified atom stereocenters. The molecule has 1 aliphatic heterocycles. The molecule has 1 N–H and O–H groups in total. The van der Waals surface area contributed by atoms with Crippen LogP contribution in [0.5, 0.6) is 0 Å². The summed E-state index contributed by atoms with van der Waals surface area (Å²) < 4.78 is 5.42. The number of benzene rings is 2. The topological polar surface area (TPSA) is 58.6 Å². The van der Waals surface area contributed by atoms with Crippen molar-refractivity contribution in [1.29, 1.82) is 0 Å². The van der Waals surface area contributed by atoms with Gasteiger partial charge in [0.05, 0.1) is 0 Å². The molecule has 27 heavy (non-hydrogen) atoms. The molecule has 0 aliphatic carbocycles. The summed E-state index contributed by atoms with van der Waals surface area (Å²) in [6.07, 6.45) is 1.24. The smallest absolute Gasteiger partial charge is 0.258 e. The van der Waals surface area contributed by atoms with E-state index in [9.17, 15) is 9.59 Å². The predicted molar refractivity (Wildman–Crippen MR) is 107 cm³/mol. The fourth-order valence-electron chi connectivity index (χ4n) is 3.33. The highest BCUT2D eigenvalue weighted by Gasteiger charge is 2.24. The van der Waals surface area contributed by atoms with Crippen LogP contribution in [0.25, 0.3) is 0 Å². The third-order valence-corrected chi connectivity index (χ3v) is 4.82. The van der Waals surface area contributed by atoms with Gasteiger partial charge in [-0.25, -0.2) is 0 Å². The van der Waals surface area contributed by atoms with E-state index >= 15 is 0 Å². The first kappa shape index (κ1) is 19.1. The van der Waals surface area contributed by atoms with Crippen molar-refractivity contribution >= 4 is 23.2 Å². The van der Waals surface area contributed by atoms with Crippen LogP contribution < -0.4 is 10.2 Å². The number of rotatable bonds is 5. The Morgan fingerprint density at radius 2 is 2.00 bits per heavy atom. The molecule has 0 spiro atoms. The van der Waals surface area contributed by atoms with Gasteiger partial charge in [0.1, 0.15) is 6.10 Å². The first-order valence-corrected chi connectivity index (χ1v) is 9.41. The van der Waals surface area contributed by atoms with Crippen LogP contribution in [-0.4, -0.2) is 31.1 Å². The summed E-state index contributed by atoms with van der Waals surface area (Å²) in [6, 6.07) is 13.2. The highest BCUT2D eigenvalue weighted by molar-refractivity contribution is 6.07. The van der Waals surface area contributed by atoms with E-state index in [-0.39, 0.29) is 11.8 Å². The highest BCUT2D eigenvalue weighted by Crippen LogP contribution is 2.24. The number of carbonyl (C=O) groups excluding carboxylic acids is 2. The molecule has 0 bridgehead atoms. The van der Waals surface area contributed by atoms with E-state index in [2.05, 4.69) is 5.32 Å². The molecule has 3 rings (SSSR count). The van der Waals surface area contributed by atoms with Gasteiger partial charge in [0.25, 0.3) is 11.8 Å². The van der Waals surface area contributed by atoms with Gasteiger partial charge < -0.3 is 15.0 Å². The minimum Gasteiger partial charge on any atom is -0.368 e. The van der Waals surface area contributed by atoms with E-state index in [0.717, 1.165) is 29.7 Å². The van der Waals surface area contributed by atoms with Crippen LogP contribution in [0.3, 0.4) is 0 Å². The molecule has 5 heteroatoms. The van der Waals surface area contributed by atoms with Crippen LogP contribution >= 0.6 is 0 Å². The van der Waals surface area contributed by atoms with Gasteiger partial charge in [-0.15, -0.1) is 0 Å². The summed E-state index contributed by atoms with van der Waals surface area (Å²) in [6.45, 7) is 7.17. The lowest BCUT2D eigenvalue weighted by atomic mass is 10.1. The van der Waals surface area contributed by atoms with Gasteiger partial charge in [-0.3, -0.25) is 9.59 Å². The fraction of sp³-hybridized carbons (Fsp3) is 0.364. The molecule has 1 saturated heterocycles. The lowest BCUT2D eigenvalue weighted by Crippen LogP contribution is -2.31. The molecule has 2 aromatic carbocycles. The van der Waals surface area contributed by atoms with Gasteiger partial charge in [0.2, 0.25) is 0 Å². The number of anilines is 2. The van der Waals surface area contributed by atoms with Crippen molar-refractivity contribution in [2.24, 2.45) is 0 Å². The Morgan fingerprint density at radius 1 is 1.19 bits per heavy atom. The van der Waals surface area contributed by atoms with Crippen LogP contribution in [0.4, 0.5) is 11.4 Å². The van der Waals surface area contributed by atoms with Crippen LogP contribution in [0.1, 0.15) is 41.3 Å². The van der Waals surface area contributed by atoms with E-state index in [1.54, 1.807) is 29.2 Å². The zero-order chi connectivity index (χ0) is 19.4. The standard InChI is InChI=1S/C22H26N2O3/c1-4-24(19-13-15(2)10-11-16(19)3)22(26)17-7-5-8-18(14-17)23-21(25)20-9-6-12-27-20/h5,7-8,10-11,13-14,20H,4,6,9,12H2,1-3H3,(H,23,25). The number of hydrogen-bond donors (Lipinski definition) is 1. The zero-order valence-corrected chi connectivity index (χ0v) is 16.1. The molecule has 0 radical (unpaired) electrons. The Labute approximate surface area is 160 Å². The average Bonchev–Trinajstić information content (AvgIpc) is 3.20. The SMILES string of the molecule is CCN(C(=O)c1cccc(NC(=O)C2CCCO2)c1)c1cc(C)ccc1C. The Kier molecular flexibility index (Phi) is 5.91. The Hall–Kier alpha value is -2.66. The van der Waals surface area contributed by atoms with Gasteiger partial charge in [-0.05, 0) is 69.0 Å². The summed E-state index contributed by atoms with van der Waals surface area (Å²) in [7, 11) is 0. The van der Waals surface area contributed by atoms with Gasteiger partial charge in [-0.2, -0.15) is 0 Å². The van der Waals surface area contributed by atoms with E-state index in [1.807, 2.05) is 39.0 Å². The molecule has 1 fully saturated rings. The minimum absolute atomic E-state index is 0.0839. The summed E-state index contributed by atoms with van der Waals surface area (Å²) in [5.74, 6) is -0.238. The highest BCUT2D eigenvalue weighted by atomic mass is 16.5. The zero-order valence-electron chi connectivity index (χ0n) is 16.1. The number of hydrogen-bond acceptors (Lipinski definition) is 3. The third-order valence-electron chi connectivity index (χ3n) is 4.82. The second-order valence-corrected chi connectivity index (χ2v) is 6.91. The van der Waals surface area contributed by atoms with Crippen molar-refractivity contribution in [3.63, 3.8) is 0 Å². The first-order chi connectivity index (χ1) is 13.0. The van der Waals surface area contributed by atoms with E-state index in [4.69, 9.17) is 4.74 Å². The van der Waals surface area contributed by atoms with Crippen molar-refractivity contribution in [3.8, 4) is 0 Å². The molecule has 0 saturated carbocycles. The van der Waals surface area contributed by atoms with E-state index < -0.39 is 6.10 Å². The average molecular weight is 366 g/mol. The Morgan fingerprint density at radius 3 is 2.70 bits per heavy atom. The van der Waals surface area contributed by atoms with Crippen molar-refractivity contribution in [2.45, 2.75) is 39.7 Å². The number of ether oxygens (including phenoxy) is 1. The molecule has 142 valence electrons. The normalized spacial score (nSPS) is 16.2. The largest absolute Gasteiger partial charge is 0.368 e. The molecule has 2 amide bonds. The minimum atomic E-state index is -0.397.